The fourth-order valence-electron chi connectivity index (χ4n) is 1.87. The van der Waals surface area contributed by atoms with Crippen LogP contribution in [0, 0.1) is 0 Å². The molecule has 2 rings (SSSR count). The molecular weight excluding hydrogens is 264 g/mol. The van der Waals surface area contributed by atoms with Gasteiger partial charge in [0.25, 0.3) is 0 Å². The van der Waals surface area contributed by atoms with Gasteiger partial charge in [-0.2, -0.15) is 0 Å². The molecule has 1 aromatic rings. The summed E-state index contributed by atoms with van der Waals surface area (Å²) in [6.07, 6.45) is 6.24. The summed E-state index contributed by atoms with van der Waals surface area (Å²) in [6.45, 7) is 11.3. The normalized spacial score (nSPS) is 19.9. The molecule has 110 valence electrons. The summed E-state index contributed by atoms with van der Waals surface area (Å²) in [5.74, 6) is -2.63. The number of carbonyl (C=O) groups is 1. The van der Waals surface area contributed by atoms with E-state index in [1.807, 2.05) is 13.8 Å². The summed E-state index contributed by atoms with van der Waals surface area (Å²) in [4.78, 5) is 12.2. The topological polar surface area (TPSA) is 57.5 Å². The zero-order valence-electron chi connectivity index (χ0n) is 12.3. The van der Waals surface area contributed by atoms with Crippen molar-refractivity contribution in [1.29, 1.82) is 0 Å². The third-order valence-electron chi connectivity index (χ3n) is 2.99. The summed E-state index contributed by atoms with van der Waals surface area (Å²) < 4.78 is 0. The van der Waals surface area contributed by atoms with Crippen molar-refractivity contribution in [2.24, 2.45) is 0 Å². The van der Waals surface area contributed by atoms with Crippen molar-refractivity contribution in [3.63, 3.8) is 0 Å². The fraction of sp³-hybridized carbons (Fsp3) is 0.167. The highest BCUT2D eigenvalue weighted by molar-refractivity contribution is 6.11. The first kappa shape index (κ1) is 16.8. The van der Waals surface area contributed by atoms with E-state index < -0.39 is 5.79 Å². The van der Waals surface area contributed by atoms with Crippen molar-refractivity contribution in [2.45, 2.75) is 19.6 Å². The predicted octanol–water partition coefficient (Wildman–Crippen LogP) is 3.27. The Morgan fingerprint density at radius 1 is 1.00 bits per heavy atom. The van der Waals surface area contributed by atoms with E-state index in [9.17, 15) is 15.0 Å². The van der Waals surface area contributed by atoms with Gasteiger partial charge in [0.1, 0.15) is 0 Å². The minimum Gasteiger partial charge on any atom is -0.358 e. The molecule has 1 aromatic carbocycles. The van der Waals surface area contributed by atoms with Crippen LogP contribution in [0.4, 0.5) is 0 Å². The number of allylic oxidation sites excluding steroid dienone is 4. The van der Waals surface area contributed by atoms with E-state index in [1.165, 1.54) is 18.2 Å². The van der Waals surface area contributed by atoms with Crippen molar-refractivity contribution in [2.75, 3.05) is 0 Å². The molecular formula is C18H20O3. The number of carbonyl (C=O) groups excluding carboxylic acids is 1. The smallest absolute Gasteiger partial charge is 0.217 e. The van der Waals surface area contributed by atoms with Gasteiger partial charge in [-0.25, -0.2) is 0 Å². The number of fused-ring (bicyclic) bond motifs is 1. The first-order valence-corrected chi connectivity index (χ1v) is 6.76. The van der Waals surface area contributed by atoms with Crippen LogP contribution in [0.3, 0.4) is 0 Å². The standard InChI is InChI=1S/C16H14O3.C2H6/c1-11-7-3-4-8-12(2)16(18,19)14-10-6-5-9-13(14)15(11)17;1-2/h3-10,18-19H,1-2H2;1-2H3/b7-3-,8-4-;. The van der Waals surface area contributed by atoms with Crippen LogP contribution in [0.1, 0.15) is 29.8 Å². The van der Waals surface area contributed by atoms with E-state index in [0.29, 0.717) is 0 Å². The number of ketones is 1. The lowest BCUT2D eigenvalue weighted by Crippen LogP contribution is -2.29. The maximum atomic E-state index is 12.2. The second-order valence-electron chi connectivity index (χ2n) is 4.32. The van der Waals surface area contributed by atoms with Crippen molar-refractivity contribution >= 4 is 5.78 Å². The summed E-state index contributed by atoms with van der Waals surface area (Å²) in [5, 5.41) is 20.4. The molecule has 0 amide bonds. The van der Waals surface area contributed by atoms with Crippen LogP contribution in [0.2, 0.25) is 0 Å². The number of hydrogen-bond donors (Lipinski definition) is 2. The SMILES string of the molecule is C=C1/C=C\C=C/C(=C)C(O)(O)c2ccccc2C1=O.CC. The van der Waals surface area contributed by atoms with Crippen molar-refractivity contribution in [3.05, 3.63) is 84.0 Å². The zero-order valence-corrected chi connectivity index (χ0v) is 12.3. The van der Waals surface area contributed by atoms with Crippen LogP contribution in [0.25, 0.3) is 0 Å². The Hall–Kier alpha value is -2.23. The van der Waals surface area contributed by atoms with Gasteiger partial charge in [-0.05, 0) is 0 Å². The summed E-state index contributed by atoms with van der Waals surface area (Å²) >= 11 is 0. The fourth-order valence-corrected chi connectivity index (χ4v) is 1.87. The Balaban J connectivity index is 0.00000106. The molecule has 3 nitrogen and oxygen atoms in total. The highest BCUT2D eigenvalue weighted by Crippen LogP contribution is 2.30. The lowest BCUT2D eigenvalue weighted by Gasteiger charge is -2.25. The molecule has 2 N–H and O–H groups in total. The number of hydrogen-bond acceptors (Lipinski definition) is 3. The van der Waals surface area contributed by atoms with Gasteiger partial charge in [0.2, 0.25) is 5.79 Å². The Kier molecular flexibility index (Phi) is 5.59. The molecule has 21 heavy (non-hydrogen) atoms. The van der Waals surface area contributed by atoms with E-state index in [1.54, 1.807) is 30.4 Å². The van der Waals surface area contributed by atoms with Gasteiger partial charge in [-0.1, -0.05) is 75.6 Å². The molecule has 0 spiro atoms. The molecule has 0 fully saturated rings. The number of rotatable bonds is 0. The molecule has 0 radical (unpaired) electrons. The molecule has 0 aliphatic heterocycles. The van der Waals surface area contributed by atoms with Gasteiger partial charge in [0.05, 0.1) is 0 Å². The van der Waals surface area contributed by atoms with Crippen molar-refractivity contribution < 1.29 is 15.0 Å². The van der Waals surface area contributed by atoms with Gasteiger partial charge in [0, 0.05) is 22.3 Å². The van der Waals surface area contributed by atoms with Crippen LogP contribution in [-0.2, 0) is 5.79 Å². The molecule has 0 atom stereocenters. The minimum absolute atomic E-state index is 0.0879. The van der Waals surface area contributed by atoms with Gasteiger partial charge < -0.3 is 10.2 Å². The Morgan fingerprint density at radius 3 is 2.24 bits per heavy atom. The third kappa shape index (κ3) is 3.45. The van der Waals surface area contributed by atoms with Crippen LogP contribution in [-0.4, -0.2) is 16.0 Å². The third-order valence-corrected chi connectivity index (χ3v) is 2.99. The Morgan fingerprint density at radius 2 is 1.57 bits per heavy atom. The minimum atomic E-state index is -2.28. The molecule has 0 unspecified atom stereocenters. The molecule has 1 aliphatic carbocycles. The highest BCUT2D eigenvalue weighted by atomic mass is 16.5. The lowest BCUT2D eigenvalue weighted by molar-refractivity contribution is -0.132. The van der Waals surface area contributed by atoms with Crippen LogP contribution in [0.5, 0.6) is 0 Å². The lowest BCUT2D eigenvalue weighted by atomic mass is 9.89. The predicted molar refractivity (Wildman–Crippen MR) is 84.8 cm³/mol. The average Bonchev–Trinajstić information content (AvgIpc) is 2.51. The van der Waals surface area contributed by atoms with Crippen molar-refractivity contribution in [3.8, 4) is 0 Å². The number of Topliss-reactive ketones (excluding diaryl/α,β-unsaturated/α-hetero) is 1. The molecule has 0 saturated heterocycles. The van der Waals surface area contributed by atoms with Crippen LogP contribution in [0.15, 0.2) is 72.9 Å². The second-order valence-corrected chi connectivity index (χ2v) is 4.32. The van der Waals surface area contributed by atoms with Gasteiger partial charge in [-0.3, -0.25) is 4.79 Å². The Labute approximate surface area is 125 Å². The number of benzene rings is 1. The molecule has 0 bridgehead atoms. The monoisotopic (exact) mass is 284 g/mol. The molecule has 1 aliphatic rings. The van der Waals surface area contributed by atoms with Gasteiger partial charge in [-0.15, -0.1) is 0 Å². The number of aliphatic hydroxyl groups is 2. The van der Waals surface area contributed by atoms with Gasteiger partial charge >= 0.3 is 0 Å². The first-order valence-electron chi connectivity index (χ1n) is 6.76. The molecule has 0 heterocycles. The summed E-state index contributed by atoms with van der Waals surface area (Å²) in [6, 6.07) is 6.32. The van der Waals surface area contributed by atoms with Gasteiger partial charge in [0.15, 0.2) is 5.78 Å². The van der Waals surface area contributed by atoms with Crippen LogP contribution < -0.4 is 0 Å². The first-order chi connectivity index (χ1) is 9.94. The molecule has 3 heteroatoms. The maximum absolute atomic E-state index is 12.2. The van der Waals surface area contributed by atoms with Crippen LogP contribution >= 0.6 is 0 Å². The molecule has 0 aromatic heterocycles. The Bertz CT molecular complexity index is 619. The summed E-state index contributed by atoms with van der Waals surface area (Å²) in [5.41, 5.74) is 0.676. The largest absolute Gasteiger partial charge is 0.358 e. The van der Waals surface area contributed by atoms with E-state index in [0.717, 1.165) is 0 Å². The van der Waals surface area contributed by atoms with E-state index in [2.05, 4.69) is 13.2 Å². The summed E-state index contributed by atoms with van der Waals surface area (Å²) in [7, 11) is 0. The van der Waals surface area contributed by atoms with E-state index in [4.69, 9.17) is 0 Å². The highest BCUT2D eigenvalue weighted by Gasteiger charge is 2.32. The van der Waals surface area contributed by atoms with Crippen molar-refractivity contribution in [1.82, 2.24) is 0 Å². The quantitative estimate of drug-likeness (QED) is 0.568. The average molecular weight is 284 g/mol. The zero-order chi connectivity index (χ0) is 16.0. The van der Waals surface area contributed by atoms with E-state index in [-0.39, 0.29) is 28.1 Å². The van der Waals surface area contributed by atoms with E-state index >= 15 is 0 Å². The maximum Gasteiger partial charge on any atom is 0.217 e. The molecule has 0 saturated carbocycles. The second kappa shape index (κ2) is 6.97.